The van der Waals surface area contributed by atoms with E-state index >= 15 is 0 Å². The number of aliphatic hydroxyl groups is 3. The molecule has 0 radical (unpaired) electrons. The minimum absolute atomic E-state index is 0.218. The highest BCUT2D eigenvalue weighted by molar-refractivity contribution is 5.73. The number of aliphatic hydroxyl groups excluding tert-OH is 3. The largest absolute Gasteiger partial charge is 0.394 e. The van der Waals surface area contributed by atoms with Gasteiger partial charge in [0.15, 0.2) is 0 Å². The third-order valence-corrected chi connectivity index (χ3v) is 3.77. The summed E-state index contributed by atoms with van der Waals surface area (Å²) in [5.74, 6) is -0.218. The Morgan fingerprint density at radius 2 is 1.95 bits per heavy atom. The molecule has 7 nitrogen and oxygen atoms in total. The molecule has 1 heterocycles. The Hall–Kier alpha value is -0.730. The lowest BCUT2D eigenvalue weighted by Crippen LogP contribution is -2.64. The van der Waals surface area contributed by atoms with E-state index in [9.17, 15) is 20.1 Å². The fraction of sp³-hybridized carbons (Fsp3) is 0.923. The predicted octanol–water partition coefficient (Wildman–Crippen LogP) is -1.26. The van der Waals surface area contributed by atoms with Gasteiger partial charge < -0.3 is 29.7 Å². The molecule has 0 bridgehead atoms. The molecule has 1 aliphatic rings. The van der Waals surface area contributed by atoms with E-state index in [0.717, 1.165) is 0 Å². The summed E-state index contributed by atoms with van der Waals surface area (Å²) in [7, 11) is 3.16. The minimum Gasteiger partial charge on any atom is -0.394 e. The van der Waals surface area contributed by atoms with E-state index in [0.29, 0.717) is 19.4 Å². The van der Waals surface area contributed by atoms with Crippen molar-refractivity contribution < 1.29 is 29.6 Å². The topological polar surface area (TPSA) is 99.5 Å². The van der Waals surface area contributed by atoms with Gasteiger partial charge in [-0.15, -0.1) is 0 Å². The molecule has 7 heteroatoms. The highest BCUT2D eigenvalue weighted by atomic mass is 16.5. The minimum atomic E-state index is -1.22. The first-order valence-electron chi connectivity index (χ1n) is 6.78. The van der Waals surface area contributed by atoms with Crippen molar-refractivity contribution >= 4 is 5.91 Å². The highest BCUT2D eigenvalue weighted by Gasteiger charge is 2.46. The summed E-state index contributed by atoms with van der Waals surface area (Å²) in [5.41, 5.74) is 0. The van der Waals surface area contributed by atoms with E-state index in [4.69, 9.17) is 9.47 Å². The molecular weight excluding hydrogens is 266 g/mol. The first-order chi connectivity index (χ1) is 9.43. The van der Waals surface area contributed by atoms with E-state index < -0.39 is 30.5 Å². The van der Waals surface area contributed by atoms with Crippen LogP contribution in [0.4, 0.5) is 0 Å². The third-order valence-electron chi connectivity index (χ3n) is 3.77. The van der Waals surface area contributed by atoms with E-state index in [1.165, 1.54) is 11.8 Å². The Morgan fingerprint density at radius 3 is 2.45 bits per heavy atom. The molecule has 1 amide bonds. The van der Waals surface area contributed by atoms with Gasteiger partial charge in [-0.05, 0) is 12.8 Å². The van der Waals surface area contributed by atoms with Gasteiger partial charge in [0.05, 0.1) is 18.8 Å². The lowest BCUT2D eigenvalue weighted by molar-refractivity contribution is -0.214. The van der Waals surface area contributed by atoms with Crippen molar-refractivity contribution in [3.05, 3.63) is 0 Å². The Bertz CT molecular complexity index is 313. The smallest absolute Gasteiger partial charge is 0.219 e. The zero-order valence-corrected chi connectivity index (χ0v) is 12.2. The number of methoxy groups -OCH3 is 1. The normalized spacial score (nSPS) is 34.0. The van der Waals surface area contributed by atoms with Gasteiger partial charge in [-0.1, -0.05) is 0 Å². The SMILES string of the molecule is COCCCC1O[C@H](CO)[C@H](O)[C@H](O)[C@H]1N(C)C(C)=O. The fourth-order valence-corrected chi connectivity index (χ4v) is 2.53. The van der Waals surface area contributed by atoms with Crippen LogP contribution < -0.4 is 0 Å². The zero-order chi connectivity index (χ0) is 15.3. The molecule has 0 aliphatic carbocycles. The summed E-state index contributed by atoms with van der Waals surface area (Å²) in [4.78, 5) is 12.9. The number of hydrogen-bond donors (Lipinski definition) is 3. The predicted molar refractivity (Wildman–Crippen MR) is 71.1 cm³/mol. The molecular formula is C13H25NO6. The van der Waals surface area contributed by atoms with Gasteiger partial charge in [0.1, 0.15) is 18.3 Å². The van der Waals surface area contributed by atoms with Crippen LogP contribution in [0.15, 0.2) is 0 Å². The van der Waals surface area contributed by atoms with Crippen molar-refractivity contribution in [3.63, 3.8) is 0 Å². The van der Waals surface area contributed by atoms with E-state index in [1.54, 1.807) is 14.2 Å². The first kappa shape index (κ1) is 17.3. The van der Waals surface area contributed by atoms with Crippen molar-refractivity contribution in [2.75, 3.05) is 27.4 Å². The number of likely N-dealkylation sites (N-methyl/N-ethyl adjacent to an activating group) is 1. The van der Waals surface area contributed by atoms with Crippen molar-refractivity contribution in [1.82, 2.24) is 4.90 Å². The first-order valence-corrected chi connectivity index (χ1v) is 6.78. The van der Waals surface area contributed by atoms with Gasteiger partial charge in [-0.3, -0.25) is 4.79 Å². The number of nitrogens with zero attached hydrogens (tertiary/aromatic N) is 1. The van der Waals surface area contributed by atoms with E-state index in [-0.39, 0.29) is 12.5 Å². The average molecular weight is 291 g/mol. The fourth-order valence-electron chi connectivity index (χ4n) is 2.53. The van der Waals surface area contributed by atoms with Crippen LogP contribution in [0.25, 0.3) is 0 Å². The van der Waals surface area contributed by atoms with Crippen LogP contribution in [-0.2, 0) is 14.3 Å². The highest BCUT2D eigenvalue weighted by Crippen LogP contribution is 2.27. The molecule has 0 spiro atoms. The molecule has 1 rings (SSSR count). The monoisotopic (exact) mass is 291 g/mol. The summed E-state index contributed by atoms with van der Waals surface area (Å²) in [6.45, 7) is 1.55. The lowest BCUT2D eigenvalue weighted by atomic mass is 9.89. The molecule has 0 aromatic heterocycles. The summed E-state index contributed by atoms with van der Waals surface area (Å²) >= 11 is 0. The Morgan fingerprint density at radius 1 is 1.30 bits per heavy atom. The maximum atomic E-state index is 11.5. The molecule has 0 aromatic rings. The van der Waals surface area contributed by atoms with Crippen LogP contribution in [0.2, 0.25) is 0 Å². The average Bonchev–Trinajstić information content (AvgIpc) is 2.42. The van der Waals surface area contributed by atoms with Crippen LogP contribution in [0, 0.1) is 0 Å². The van der Waals surface area contributed by atoms with Crippen LogP contribution in [0.5, 0.6) is 0 Å². The molecule has 118 valence electrons. The summed E-state index contributed by atoms with van der Waals surface area (Å²) in [6, 6.07) is -0.637. The number of ether oxygens (including phenoxy) is 2. The van der Waals surface area contributed by atoms with Crippen molar-refractivity contribution in [2.24, 2.45) is 0 Å². The van der Waals surface area contributed by atoms with Gasteiger partial charge in [0.2, 0.25) is 5.91 Å². The number of rotatable bonds is 6. The molecule has 20 heavy (non-hydrogen) atoms. The quantitative estimate of drug-likeness (QED) is 0.528. The van der Waals surface area contributed by atoms with Crippen LogP contribution in [0.1, 0.15) is 19.8 Å². The number of carbonyl (C=O) groups excluding carboxylic acids is 1. The van der Waals surface area contributed by atoms with Crippen LogP contribution in [-0.4, -0.2) is 84.0 Å². The number of amides is 1. The molecule has 0 aromatic carbocycles. The van der Waals surface area contributed by atoms with Gasteiger partial charge in [-0.2, -0.15) is 0 Å². The summed E-state index contributed by atoms with van der Waals surface area (Å²) in [5, 5.41) is 29.4. The number of carbonyl (C=O) groups is 1. The van der Waals surface area contributed by atoms with E-state index in [2.05, 4.69) is 0 Å². The van der Waals surface area contributed by atoms with E-state index in [1.807, 2.05) is 0 Å². The molecule has 3 N–H and O–H groups in total. The third kappa shape index (κ3) is 3.89. The molecule has 0 saturated carbocycles. The standard InChI is InChI=1S/C13H25NO6/c1-8(16)14(2)11-9(5-4-6-19-3)20-10(7-15)12(17)13(11)18/h9-13,15,17-18H,4-7H2,1-3H3/t9?,10-,11+,12+,13-/m1/s1. The molecule has 1 unspecified atom stereocenters. The van der Waals surface area contributed by atoms with Gasteiger partial charge >= 0.3 is 0 Å². The summed E-state index contributed by atoms with van der Waals surface area (Å²) < 4.78 is 10.6. The maximum Gasteiger partial charge on any atom is 0.219 e. The second-order valence-corrected chi connectivity index (χ2v) is 5.13. The molecule has 1 fully saturated rings. The van der Waals surface area contributed by atoms with Crippen molar-refractivity contribution in [1.29, 1.82) is 0 Å². The number of hydrogen-bond acceptors (Lipinski definition) is 6. The van der Waals surface area contributed by atoms with Gasteiger partial charge in [0.25, 0.3) is 0 Å². The second kappa shape index (κ2) is 7.90. The van der Waals surface area contributed by atoms with Crippen LogP contribution >= 0.6 is 0 Å². The molecule has 1 aliphatic heterocycles. The lowest BCUT2D eigenvalue weighted by Gasteiger charge is -2.46. The van der Waals surface area contributed by atoms with Gasteiger partial charge in [-0.25, -0.2) is 0 Å². The Balaban J connectivity index is 2.84. The Kier molecular flexibility index (Phi) is 6.84. The summed E-state index contributed by atoms with van der Waals surface area (Å²) in [6.07, 6.45) is -2.39. The molecule has 1 saturated heterocycles. The maximum absolute atomic E-state index is 11.5. The van der Waals surface area contributed by atoms with Crippen LogP contribution in [0.3, 0.4) is 0 Å². The second-order valence-electron chi connectivity index (χ2n) is 5.13. The Labute approximate surface area is 119 Å². The van der Waals surface area contributed by atoms with Gasteiger partial charge in [0, 0.05) is 27.7 Å². The molecule has 5 atom stereocenters. The van der Waals surface area contributed by atoms with Crippen molar-refractivity contribution in [3.8, 4) is 0 Å². The van der Waals surface area contributed by atoms with Crippen molar-refractivity contribution in [2.45, 2.75) is 50.2 Å². The zero-order valence-electron chi connectivity index (χ0n) is 12.2.